The Morgan fingerprint density at radius 1 is 1.37 bits per heavy atom. The van der Waals surface area contributed by atoms with Crippen molar-refractivity contribution < 1.29 is 4.79 Å². The van der Waals surface area contributed by atoms with Crippen LogP contribution in [0.15, 0.2) is 18.2 Å². The number of likely N-dealkylation sites (N-methyl/N-ethyl adjacent to an activating group) is 1. The largest absolute Gasteiger partial charge is 0.355 e. The van der Waals surface area contributed by atoms with Crippen LogP contribution in [0.5, 0.6) is 0 Å². The molecule has 5 heteroatoms. The Hall–Kier alpha value is -1.62. The van der Waals surface area contributed by atoms with Crippen LogP contribution >= 0.6 is 12.2 Å². The van der Waals surface area contributed by atoms with E-state index in [2.05, 4.69) is 16.0 Å². The van der Waals surface area contributed by atoms with Gasteiger partial charge in [0.2, 0.25) is 5.91 Å². The monoisotopic (exact) mass is 279 g/mol. The number of anilines is 1. The van der Waals surface area contributed by atoms with Crippen LogP contribution < -0.4 is 16.0 Å². The Morgan fingerprint density at radius 2 is 2.05 bits per heavy atom. The van der Waals surface area contributed by atoms with Gasteiger partial charge >= 0.3 is 0 Å². The third-order valence-corrected chi connectivity index (χ3v) is 3.16. The van der Waals surface area contributed by atoms with Crippen molar-refractivity contribution in [3.05, 3.63) is 29.3 Å². The predicted molar refractivity (Wildman–Crippen MR) is 83.4 cm³/mol. The topological polar surface area (TPSA) is 53.2 Å². The van der Waals surface area contributed by atoms with E-state index in [1.165, 1.54) is 5.56 Å². The minimum atomic E-state index is -0.356. The molecule has 0 radical (unpaired) electrons. The summed E-state index contributed by atoms with van der Waals surface area (Å²) in [7, 11) is 0. The third kappa shape index (κ3) is 4.52. The van der Waals surface area contributed by atoms with Gasteiger partial charge in [-0.05, 0) is 57.1 Å². The van der Waals surface area contributed by atoms with Gasteiger partial charge in [-0.1, -0.05) is 12.1 Å². The van der Waals surface area contributed by atoms with E-state index in [0.29, 0.717) is 11.7 Å². The number of rotatable bonds is 4. The summed E-state index contributed by atoms with van der Waals surface area (Å²) in [5, 5.41) is 9.28. The highest BCUT2D eigenvalue weighted by Crippen LogP contribution is 2.17. The van der Waals surface area contributed by atoms with Gasteiger partial charge in [0.25, 0.3) is 0 Å². The molecule has 0 aliphatic carbocycles. The first-order valence-electron chi connectivity index (χ1n) is 6.37. The van der Waals surface area contributed by atoms with Crippen molar-refractivity contribution in [3.8, 4) is 0 Å². The number of nitrogens with one attached hydrogen (secondary N) is 3. The summed E-state index contributed by atoms with van der Waals surface area (Å²) in [6.07, 6.45) is 0. The molecule has 1 atom stereocenters. The highest BCUT2D eigenvalue weighted by atomic mass is 32.1. The molecule has 0 unspecified atom stereocenters. The molecule has 0 aromatic heterocycles. The lowest BCUT2D eigenvalue weighted by Gasteiger charge is -2.17. The number of thiocarbonyl (C=S) groups is 1. The van der Waals surface area contributed by atoms with Crippen LogP contribution in [0.1, 0.15) is 25.0 Å². The van der Waals surface area contributed by atoms with Gasteiger partial charge in [-0.15, -0.1) is 0 Å². The van der Waals surface area contributed by atoms with E-state index in [1.54, 1.807) is 6.92 Å². The highest BCUT2D eigenvalue weighted by Gasteiger charge is 2.13. The van der Waals surface area contributed by atoms with Gasteiger partial charge in [-0.3, -0.25) is 4.79 Å². The molecule has 0 fully saturated rings. The molecule has 1 amide bonds. The van der Waals surface area contributed by atoms with Crippen molar-refractivity contribution >= 4 is 28.9 Å². The molecule has 0 saturated carbocycles. The molecule has 1 aromatic carbocycles. The van der Waals surface area contributed by atoms with Crippen molar-refractivity contribution in [2.75, 3.05) is 11.9 Å². The lowest BCUT2D eigenvalue weighted by atomic mass is 10.1. The summed E-state index contributed by atoms with van der Waals surface area (Å²) in [6.45, 7) is 8.36. The number of hydrogen-bond donors (Lipinski definition) is 3. The quantitative estimate of drug-likeness (QED) is 0.739. The molecule has 0 aliphatic heterocycles. The van der Waals surface area contributed by atoms with E-state index in [4.69, 9.17) is 12.2 Å². The molecule has 0 saturated heterocycles. The Morgan fingerprint density at radius 3 is 2.68 bits per heavy atom. The van der Waals surface area contributed by atoms with E-state index < -0.39 is 0 Å². The van der Waals surface area contributed by atoms with Gasteiger partial charge in [0.1, 0.15) is 6.04 Å². The molecule has 104 valence electrons. The fourth-order valence-corrected chi connectivity index (χ4v) is 1.92. The van der Waals surface area contributed by atoms with Gasteiger partial charge in [-0.25, -0.2) is 0 Å². The molecule has 19 heavy (non-hydrogen) atoms. The van der Waals surface area contributed by atoms with E-state index in [-0.39, 0.29) is 11.9 Å². The lowest BCUT2D eigenvalue weighted by molar-refractivity contribution is -0.122. The Kier molecular flexibility index (Phi) is 5.76. The fourth-order valence-electron chi connectivity index (χ4n) is 1.63. The second-order valence-electron chi connectivity index (χ2n) is 4.46. The van der Waals surface area contributed by atoms with E-state index in [1.807, 2.05) is 39.0 Å². The number of benzene rings is 1. The Balaban J connectivity index is 2.60. The smallest absolute Gasteiger partial charge is 0.242 e. The predicted octanol–water partition coefficient (Wildman–Crippen LogP) is 2.11. The van der Waals surface area contributed by atoms with Gasteiger partial charge in [0, 0.05) is 12.2 Å². The van der Waals surface area contributed by atoms with Crippen molar-refractivity contribution in [3.63, 3.8) is 0 Å². The second-order valence-corrected chi connectivity index (χ2v) is 4.87. The first-order chi connectivity index (χ1) is 8.95. The van der Waals surface area contributed by atoms with Crippen molar-refractivity contribution in [2.45, 2.75) is 33.7 Å². The minimum absolute atomic E-state index is 0.0624. The zero-order valence-corrected chi connectivity index (χ0v) is 12.6. The van der Waals surface area contributed by atoms with Crippen molar-refractivity contribution in [1.29, 1.82) is 0 Å². The van der Waals surface area contributed by atoms with Crippen LogP contribution in [0, 0.1) is 13.8 Å². The molecule has 0 spiro atoms. The van der Waals surface area contributed by atoms with Gasteiger partial charge in [-0.2, -0.15) is 0 Å². The highest BCUT2D eigenvalue weighted by molar-refractivity contribution is 7.80. The van der Waals surface area contributed by atoms with Crippen LogP contribution in [0.2, 0.25) is 0 Å². The van der Waals surface area contributed by atoms with Crippen LogP contribution in [-0.2, 0) is 4.79 Å². The zero-order valence-electron chi connectivity index (χ0n) is 11.8. The molecule has 0 heterocycles. The van der Waals surface area contributed by atoms with Gasteiger partial charge < -0.3 is 16.0 Å². The third-order valence-electron chi connectivity index (χ3n) is 2.94. The van der Waals surface area contributed by atoms with Gasteiger partial charge in [0.15, 0.2) is 5.11 Å². The molecule has 3 N–H and O–H groups in total. The summed E-state index contributed by atoms with van der Waals surface area (Å²) in [5.41, 5.74) is 3.31. The maximum Gasteiger partial charge on any atom is 0.242 e. The lowest BCUT2D eigenvalue weighted by Crippen LogP contribution is -2.46. The number of carbonyl (C=O) groups is 1. The van der Waals surface area contributed by atoms with Crippen LogP contribution in [0.3, 0.4) is 0 Å². The van der Waals surface area contributed by atoms with Crippen LogP contribution in [0.4, 0.5) is 5.69 Å². The number of hydrogen-bond acceptors (Lipinski definition) is 2. The summed E-state index contributed by atoms with van der Waals surface area (Å²) < 4.78 is 0. The molecule has 4 nitrogen and oxygen atoms in total. The van der Waals surface area contributed by atoms with E-state index in [9.17, 15) is 4.79 Å². The summed E-state index contributed by atoms with van der Waals surface area (Å²) >= 11 is 5.22. The average molecular weight is 279 g/mol. The SMILES string of the molecule is CCNC(=O)[C@@H](C)NC(=S)Nc1cccc(C)c1C. The van der Waals surface area contributed by atoms with Crippen LogP contribution in [0.25, 0.3) is 0 Å². The first kappa shape index (κ1) is 15.4. The van der Waals surface area contributed by atoms with E-state index >= 15 is 0 Å². The number of amides is 1. The first-order valence-corrected chi connectivity index (χ1v) is 6.78. The van der Waals surface area contributed by atoms with Crippen LogP contribution in [-0.4, -0.2) is 23.6 Å². The standard InChI is InChI=1S/C14H21N3OS/c1-5-15-13(18)11(4)16-14(19)17-12-8-6-7-9(2)10(12)3/h6-8,11H,5H2,1-4H3,(H,15,18)(H2,16,17,19)/t11-/m1/s1. The zero-order chi connectivity index (χ0) is 14.4. The van der Waals surface area contributed by atoms with Crippen molar-refractivity contribution in [1.82, 2.24) is 10.6 Å². The summed E-state index contributed by atoms with van der Waals surface area (Å²) in [4.78, 5) is 11.6. The molecule has 0 aliphatic rings. The average Bonchev–Trinajstić information content (AvgIpc) is 2.35. The molecule has 0 bridgehead atoms. The second kappa shape index (κ2) is 7.09. The fraction of sp³-hybridized carbons (Fsp3) is 0.429. The number of carbonyl (C=O) groups excluding carboxylic acids is 1. The molecule has 1 aromatic rings. The number of aryl methyl sites for hydroxylation is 1. The summed E-state index contributed by atoms with van der Waals surface area (Å²) in [5.74, 6) is -0.0624. The maximum atomic E-state index is 11.6. The summed E-state index contributed by atoms with van der Waals surface area (Å²) in [6, 6.07) is 5.63. The Labute approximate surface area is 120 Å². The normalized spacial score (nSPS) is 11.6. The molecule has 1 rings (SSSR count). The van der Waals surface area contributed by atoms with Gasteiger partial charge in [0.05, 0.1) is 0 Å². The maximum absolute atomic E-state index is 11.6. The molecular weight excluding hydrogens is 258 g/mol. The van der Waals surface area contributed by atoms with E-state index in [0.717, 1.165) is 11.3 Å². The Bertz CT molecular complexity index is 474. The molecular formula is C14H21N3OS. The van der Waals surface area contributed by atoms with Crippen molar-refractivity contribution in [2.24, 2.45) is 0 Å². The minimum Gasteiger partial charge on any atom is -0.355 e.